The Morgan fingerprint density at radius 3 is 2.42 bits per heavy atom. The first kappa shape index (κ1) is 21.6. The Kier molecular flexibility index (Phi) is 6.73. The van der Waals surface area contributed by atoms with Crippen LogP contribution in [0.15, 0.2) is 42.1 Å². The molecule has 0 radical (unpaired) electrons. The van der Waals surface area contributed by atoms with Crippen LogP contribution in [0, 0.1) is 0 Å². The van der Waals surface area contributed by atoms with E-state index in [0.29, 0.717) is 23.5 Å². The van der Waals surface area contributed by atoms with Crippen molar-refractivity contribution in [3.05, 3.63) is 53.2 Å². The van der Waals surface area contributed by atoms with Gasteiger partial charge >= 0.3 is 0 Å². The maximum Gasteiger partial charge on any atom is 0.258 e. The van der Waals surface area contributed by atoms with Gasteiger partial charge in [0.05, 0.1) is 25.5 Å². The van der Waals surface area contributed by atoms with E-state index in [1.165, 1.54) is 17.1 Å². The lowest BCUT2D eigenvalue weighted by molar-refractivity contribution is -0.110. The summed E-state index contributed by atoms with van der Waals surface area (Å²) in [6.07, 6.45) is 0.698. The van der Waals surface area contributed by atoms with E-state index >= 15 is 0 Å². The van der Waals surface area contributed by atoms with Crippen molar-refractivity contribution in [2.45, 2.75) is 19.9 Å². The van der Waals surface area contributed by atoms with Crippen LogP contribution >= 0.6 is 11.8 Å². The van der Waals surface area contributed by atoms with Crippen molar-refractivity contribution in [2.75, 3.05) is 49.4 Å². The number of methoxy groups -OCH3 is 2. The minimum absolute atomic E-state index is 0.116. The molecule has 0 bridgehead atoms. The van der Waals surface area contributed by atoms with Gasteiger partial charge < -0.3 is 20.1 Å². The number of fused-ring (bicyclic) bond motifs is 1. The van der Waals surface area contributed by atoms with Crippen LogP contribution in [0.4, 0.5) is 11.4 Å². The van der Waals surface area contributed by atoms with E-state index < -0.39 is 0 Å². The standard InChI is InChI=1S/C24H29N3O3S/c1-4-19(23-18-13-21(29-2)22(30-3)14-20(18)26-24(23)28)25-17-7-5-16(6-8-17)15-27-9-11-31-12-10-27/h5-8,13-14,25H,4,9-12,15H2,1-3H3,(H,26,28)/b23-19+. The van der Waals surface area contributed by atoms with E-state index in [1.807, 2.05) is 24.8 Å². The average molecular weight is 440 g/mol. The summed E-state index contributed by atoms with van der Waals surface area (Å²) >= 11 is 2.03. The lowest BCUT2D eigenvalue weighted by Crippen LogP contribution is -2.31. The van der Waals surface area contributed by atoms with Gasteiger partial charge in [-0.25, -0.2) is 0 Å². The summed E-state index contributed by atoms with van der Waals surface area (Å²) in [5, 5.41) is 6.42. The molecule has 0 unspecified atom stereocenters. The van der Waals surface area contributed by atoms with Crippen LogP contribution in [0.25, 0.3) is 5.57 Å². The number of hydrogen-bond acceptors (Lipinski definition) is 6. The number of nitrogens with zero attached hydrogens (tertiary/aromatic N) is 1. The molecule has 1 amide bonds. The van der Waals surface area contributed by atoms with Crippen molar-refractivity contribution in [3.63, 3.8) is 0 Å². The molecule has 2 aliphatic heterocycles. The summed E-state index contributed by atoms with van der Waals surface area (Å²) in [7, 11) is 3.19. The predicted octanol–water partition coefficient (Wildman–Crippen LogP) is 4.44. The summed E-state index contributed by atoms with van der Waals surface area (Å²) in [5.74, 6) is 3.51. The lowest BCUT2D eigenvalue weighted by Gasteiger charge is -2.26. The topological polar surface area (TPSA) is 62.8 Å². The second kappa shape index (κ2) is 9.66. The van der Waals surface area contributed by atoms with Gasteiger partial charge in [0.15, 0.2) is 11.5 Å². The van der Waals surface area contributed by atoms with Crippen LogP contribution in [0.3, 0.4) is 0 Å². The Labute approximate surface area is 188 Å². The fourth-order valence-corrected chi connectivity index (χ4v) is 4.99. The Bertz CT molecular complexity index is 982. The summed E-state index contributed by atoms with van der Waals surface area (Å²) in [6.45, 7) is 5.34. The highest BCUT2D eigenvalue weighted by Crippen LogP contribution is 2.42. The van der Waals surface area contributed by atoms with E-state index in [-0.39, 0.29) is 5.91 Å². The van der Waals surface area contributed by atoms with Crippen LogP contribution < -0.4 is 20.1 Å². The maximum absolute atomic E-state index is 12.8. The van der Waals surface area contributed by atoms with E-state index in [2.05, 4.69) is 39.8 Å². The molecule has 2 aliphatic rings. The van der Waals surface area contributed by atoms with Crippen molar-refractivity contribution in [3.8, 4) is 11.5 Å². The Morgan fingerprint density at radius 1 is 1.10 bits per heavy atom. The smallest absolute Gasteiger partial charge is 0.258 e. The number of carbonyl (C=O) groups is 1. The van der Waals surface area contributed by atoms with E-state index in [9.17, 15) is 4.79 Å². The first-order valence-electron chi connectivity index (χ1n) is 10.6. The molecule has 0 spiro atoms. The highest BCUT2D eigenvalue weighted by atomic mass is 32.2. The fourth-order valence-electron chi connectivity index (χ4n) is 4.01. The lowest BCUT2D eigenvalue weighted by atomic mass is 10.0. The molecule has 1 fully saturated rings. The maximum atomic E-state index is 12.8. The Balaban J connectivity index is 1.57. The van der Waals surface area contributed by atoms with Gasteiger partial charge in [-0.15, -0.1) is 0 Å². The number of anilines is 2. The molecule has 4 rings (SSSR count). The van der Waals surface area contributed by atoms with Gasteiger partial charge in [0.2, 0.25) is 0 Å². The Morgan fingerprint density at radius 2 is 1.77 bits per heavy atom. The summed E-state index contributed by atoms with van der Waals surface area (Å²) < 4.78 is 10.8. The third-order valence-electron chi connectivity index (χ3n) is 5.68. The molecule has 2 heterocycles. The van der Waals surface area contributed by atoms with Gasteiger partial charge in [-0.1, -0.05) is 19.1 Å². The molecule has 0 aliphatic carbocycles. The first-order valence-corrected chi connectivity index (χ1v) is 11.7. The fraction of sp³-hybridized carbons (Fsp3) is 0.375. The molecule has 7 heteroatoms. The molecule has 2 aromatic carbocycles. The number of carbonyl (C=O) groups excluding carboxylic acids is 1. The van der Waals surface area contributed by atoms with E-state index in [0.717, 1.165) is 42.3 Å². The van der Waals surface area contributed by atoms with Crippen LogP contribution in [0.5, 0.6) is 11.5 Å². The van der Waals surface area contributed by atoms with Crippen molar-refractivity contribution < 1.29 is 14.3 Å². The number of benzene rings is 2. The van der Waals surface area contributed by atoms with Crippen molar-refractivity contribution in [1.82, 2.24) is 4.90 Å². The number of allylic oxidation sites excluding steroid dienone is 1. The second-order valence-electron chi connectivity index (χ2n) is 7.62. The van der Waals surface area contributed by atoms with Crippen LogP contribution in [0.1, 0.15) is 24.5 Å². The molecule has 0 aromatic heterocycles. The third kappa shape index (κ3) is 4.67. The number of amides is 1. The van der Waals surface area contributed by atoms with Crippen LogP contribution in [-0.2, 0) is 11.3 Å². The van der Waals surface area contributed by atoms with Gasteiger partial charge in [0, 0.05) is 54.2 Å². The predicted molar refractivity (Wildman–Crippen MR) is 128 cm³/mol. The largest absolute Gasteiger partial charge is 0.493 e. The SMILES string of the molecule is CC/C(Nc1ccc(CN2CCSCC2)cc1)=C1\C(=O)Nc2cc(OC)c(OC)cc21. The van der Waals surface area contributed by atoms with Gasteiger partial charge in [0.1, 0.15) is 0 Å². The zero-order chi connectivity index (χ0) is 21.8. The van der Waals surface area contributed by atoms with Gasteiger partial charge in [-0.2, -0.15) is 11.8 Å². The highest BCUT2D eigenvalue weighted by Gasteiger charge is 2.29. The summed E-state index contributed by atoms with van der Waals surface area (Å²) in [4.78, 5) is 15.3. The molecule has 0 saturated carbocycles. The van der Waals surface area contributed by atoms with Crippen molar-refractivity contribution in [2.24, 2.45) is 0 Å². The number of nitrogens with one attached hydrogen (secondary N) is 2. The third-order valence-corrected chi connectivity index (χ3v) is 6.63. The molecule has 1 saturated heterocycles. The monoisotopic (exact) mass is 439 g/mol. The first-order chi connectivity index (χ1) is 15.1. The molecule has 6 nitrogen and oxygen atoms in total. The zero-order valence-corrected chi connectivity index (χ0v) is 19.1. The van der Waals surface area contributed by atoms with Crippen molar-refractivity contribution >= 4 is 34.6 Å². The summed E-state index contributed by atoms with van der Waals surface area (Å²) in [5.41, 5.74) is 5.37. The number of hydrogen-bond donors (Lipinski definition) is 2. The average Bonchev–Trinajstić information content (AvgIpc) is 3.12. The second-order valence-corrected chi connectivity index (χ2v) is 8.85. The molecule has 31 heavy (non-hydrogen) atoms. The molecule has 0 atom stereocenters. The quantitative estimate of drug-likeness (QED) is 0.622. The van der Waals surface area contributed by atoms with Gasteiger partial charge in [0.25, 0.3) is 5.91 Å². The Hall–Kier alpha value is -2.64. The molecule has 164 valence electrons. The zero-order valence-electron chi connectivity index (χ0n) is 18.3. The van der Waals surface area contributed by atoms with Gasteiger partial charge in [-0.05, 0) is 30.2 Å². The summed E-state index contributed by atoms with van der Waals surface area (Å²) in [6, 6.07) is 12.2. The normalized spacial score (nSPS) is 17.7. The van der Waals surface area contributed by atoms with E-state index in [4.69, 9.17) is 9.47 Å². The molecular formula is C24H29N3O3S. The minimum atomic E-state index is -0.116. The van der Waals surface area contributed by atoms with Crippen LogP contribution in [-0.4, -0.2) is 49.6 Å². The van der Waals surface area contributed by atoms with Gasteiger partial charge in [-0.3, -0.25) is 9.69 Å². The minimum Gasteiger partial charge on any atom is -0.493 e. The number of thioether (sulfide) groups is 1. The van der Waals surface area contributed by atoms with E-state index in [1.54, 1.807) is 20.3 Å². The molecule has 2 aromatic rings. The number of rotatable bonds is 7. The number of ether oxygens (including phenoxy) is 2. The molecular weight excluding hydrogens is 410 g/mol. The molecule has 2 N–H and O–H groups in total. The highest BCUT2D eigenvalue weighted by molar-refractivity contribution is 7.99. The van der Waals surface area contributed by atoms with Crippen molar-refractivity contribution in [1.29, 1.82) is 0 Å². The van der Waals surface area contributed by atoms with Crippen LogP contribution in [0.2, 0.25) is 0 Å².